The highest BCUT2D eigenvalue weighted by Gasteiger charge is 2.37. The van der Waals surface area contributed by atoms with Crippen molar-refractivity contribution in [3.63, 3.8) is 0 Å². The molecule has 0 spiro atoms. The van der Waals surface area contributed by atoms with E-state index in [0.29, 0.717) is 0 Å². The van der Waals surface area contributed by atoms with Crippen molar-refractivity contribution >= 4 is 17.7 Å². The molecule has 0 unspecified atom stereocenters. The fourth-order valence-electron chi connectivity index (χ4n) is 3.23. The average molecular weight is 394 g/mol. The third-order valence-electron chi connectivity index (χ3n) is 4.70. The lowest BCUT2D eigenvalue weighted by Crippen LogP contribution is -2.36. The number of aliphatic hydroxyl groups is 1. The Morgan fingerprint density at radius 2 is 1.32 bits per heavy atom. The lowest BCUT2D eigenvalue weighted by Gasteiger charge is -2.36. The molecule has 0 radical (unpaired) electrons. The summed E-state index contributed by atoms with van der Waals surface area (Å²) in [6.45, 7) is -0.0268. The molecule has 0 aliphatic heterocycles. The summed E-state index contributed by atoms with van der Waals surface area (Å²) in [6, 6.07) is 26.8. The Bertz CT molecular complexity index is 859. The molecule has 4 nitrogen and oxygen atoms in total. The Labute approximate surface area is 169 Å². The van der Waals surface area contributed by atoms with E-state index in [1.807, 2.05) is 84.9 Å². The lowest BCUT2D eigenvalue weighted by atomic mass is 9.83. The normalized spacial score (nSPS) is 12.5. The van der Waals surface area contributed by atoms with E-state index < -0.39 is 16.8 Å². The standard InChI is InChI=1S/C23H23NO3S/c24-21(22(26)27)16-28-23(18-7-3-1-4-8-18,19-9-5-2-6-10-19)20-13-11-17(15-25)12-14-20/h1-14,21,25H,15-16,24H2,(H,26,27)/t21-/m1/s1. The van der Waals surface area contributed by atoms with Gasteiger partial charge in [0, 0.05) is 5.75 Å². The maximum atomic E-state index is 11.3. The van der Waals surface area contributed by atoms with E-state index in [1.54, 1.807) is 0 Å². The van der Waals surface area contributed by atoms with Crippen LogP contribution < -0.4 is 5.73 Å². The SMILES string of the molecule is N[C@H](CSC(c1ccccc1)(c1ccccc1)c1ccc(CO)cc1)C(=O)O. The van der Waals surface area contributed by atoms with Crippen molar-refractivity contribution in [2.75, 3.05) is 5.75 Å². The number of aliphatic hydroxyl groups excluding tert-OH is 1. The zero-order valence-corrected chi connectivity index (χ0v) is 16.2. The van der Waals surface area contributed by atoms with Crippen LogP contribution in [-0.2, 0) is 16.1 Å². The number of hydrogen-bond donors (Lipinski definition) is 3. The molecule has 0 fully saturated rings. The van der Waals surface area contributed by atoms with Crippen LogP contribution in [0.4, 0.5) is 0 Å². The number of nitrogens with two attached hydrogens (primary N) is 1. The highest BCUT2D eigenvalue weighted by Crippen LogP contribution is 2.48. The summed E-state index contributed by atoms with van der Waals surface area (Å²) in [7, 11) is 0. The van der Waals surface area contributed by atoms with Gasteiger partial charge in [-0.1, -0.05) is 84.9 Å². The first-order valence-corrected chi connectivity index (χ1v) is 10.00. The Morgan fingerprint density at radius 3 is 1.75 bits per heavy atom. The van der Waals surface area contributed by atoms with Gasteiger partial charge in [0.1, 0.15) is 6.04 Å². The van der Waals surface area contributed by atoms with Crippen molar-refractivity contribution < 1.29 is 15.0 Å². The zero-order chi connectivity index (χ0) is 20.0. The number of thioether (sulfide) groups is 1. The number of aliphatic carboxylic acids is 1. The summed E-state index contributed by atoms with van der Waals surface area (Å²) in [5.74, 6) is -0.765. The summed E-state index contributed by atoms with van der Waals surface area (Å²) < 4.78 is -0.621. The predicted octanol–water partition coefficient (Wildman–Crippen LogP) is 3.62. The van der Waals surface area contributed by atoms with Crippen molar-refractivity contribution in [1.82, 2.24) is 0 Å². The van der Waals surface area contributed by atoms with Crippen LogP contribution >= 0.6 is 11.8 Å². The molecule has 0 heterocycles. The minimum absolute atomic E-state index is 0.0268. The van der Waals surface area contributed by atoms with Crippen LogP contribution in [0.3, 0.4) is 0 Å². The highest BCUT2D eigenvalue weighted by molar-refractivity contribution is 8.00. The molecule has 144 valence electrons. The molecule has 0 bridgehead atoms. The van der Waals surface area contributed by atoms with E-state index in [9.17, 15) is 15.0 Å². The largest absolute Gasteiger partial charge is 0.480 e. The predicted molar refractivity (Wildman–Crippen MR) is 113 cm³/mol. The van der Waals surface area contributed by atoms with Crippen molar-refractivity contribution in [3.8, 4) is 0 Å². The lowest BCUT2D eigenvalue weighted by molar-refractivity contribution is -0.137. The second-order valence-corrected chi connectivity index (χ2v) is 7.76. The number of benzene rings is 3. The number of rotatable bonds is 8. The minimum atomic E-state index is -1.02. The molecule has 0 saturated carbocycles. The van der Waals surface area contributed by atoms with Crippen LogP contribution in [0.1, 0.15) is 22.3 Å². The van der Waals surface area contributed by atoms with Crippen molar-refractivity contribution in [3.05, 3.63) is 107 Å². The smallest absolute Gasteiger partial charge is 0.321 e. The van der Waals surface area contributed by atoms with Gasteiger partial charge in [-0.2, -0.15) is 0 Å². The molecule has 0 aliphatic carbocycles. The van der Waals surface area contributed by atoms with E-state index in [4.69, 9.17) is 5.73 Å². The van der Waals surface area contributed by atoms with Gasteiger partial charge >= 0.3 is 5.97 Å². The molecule has 28 heavy (non-hydrogen) atoms. The molecule has 0 amide bonds. The minimum Gasteiger partial charge on any atom is -0.480 e. The fourth-order valence-corrected chi connectivity index (χ4v) is 4.71. The van der Waals surface area contributed by atoms with Crippen molar-refractivity contribution in [2.45, 2.75) is 17.4 Å². The van der Waals surface area contributed by atoms with Crippen LogP contribution in [0.25, 0.3) is 0 Å². The van der Waals surface area contributed by atoms with Crippen LogP contribution in [0.2, 0.25) is 0 Å². The molecule has 3 rings (SSSR count). The molecule has 0 saturated heterocycles. The van der Waals surface area contributed by atoms with Gasteiger partial charge < -0.3 is 15.9 Å². The maximum Gasteiger partial charge on any atom is 0.321 e. The number of carboxylic acids is 1. The zero-order valence-electron chi connectivity index (χ0n) is 15.4. The summed E-state index contributed by atoms with van der Waals surface area (Å²) >= 11 is 1.51. The van der Waals surface area contributed by atoms with Crippen LogP contribution in [0.5, 0.6) is 0 Å². The molecule has 3 aromatic rings. The maximum absolute atomic E-state index is 11.3. The summed E-state index contributed by atoms with van der Waals surface area (Å²) in [5.41, 5.74) is 9.76. The van der Waals surface area contributed by atoms with Crippen molar-refractivity contribution in [1.29, 1.82) is 0 Å². The third-order valence-corrected chi connectivity index (χ3v) is 6.37. The van der Waals surface area contributed by atoms with E-state index in [-0.39, 0.29) is 12.4 Å². The number of carbonyl (C=O) groups is 1. The topological polar surface area (TPSA) is 83.5 Å². The van der Waals surface area contributed by atoms with Gasteiger partial charge in [0.05, 0.1) is 11.4 Å². The molecule has 3 aromatic carbocycles. The van der Waals surface area contributed by atoms with Gasteiger partial charge in [-0.15, -0.1) is 11.8 Å². The van der Waals surface area contributed by atoms with E-state index >= 15 is 0 Å². The molecule has 0 aromatic heterocycles. The van der Waals surface area contributed by atoms with Gasteiger partial charge in [-0.25, -0.2) is 0 Å². The Balaban J connectivity index is 2.20. The first-order valence-electron chi connectivity index (χ1n) is 9.01. The Morgan fingerprint density at radius 1 is 0.857 bits per heavy atom. The first kappa shape index (κ1) is 20.1. The van der Waals surface area contributed by atoms with Crippen molar-refractivity contribution in [2.24, 2.45) is 5.73 Å². The van der Waals surface area contributed by atoms with E-state index in [1.165, 1.54) is 11.8 Å². The highest BCUT2D eigenvalue weighted by atomic mass is 32.2. The average Bonchev–Trinajstić information content (AvgIpc) is 2.76. The molecular weight excluding hydrogens is 370 g/mol. The first-order chi connectivity index (χ1) is 13.6. The van der Waals surface area contributed by atoms with E-state index in [2.05, 4.69) is 0 Å². The quantitative estimate of drug-likeness (QED) is 0.509. The van der Waals surface area contributed by atoms with Gasteiger partial charge in [0.2, 0.25) is 0 Å². The van der Waals surface area contributed by atoms with Crippen LogP contribution in [0.15, 0.2) is 84.9 Å². The fraction of sp³-hybridized carbons (Fsp3) is 0.174. The Kier molecular flexibility index (Phi) is 6.52. The van der Waals surface area contributed by atoms with Crippen LogP contribution in [0, 0.1) is 0 Å². The molecule has 0 aliphatic rings. The Hall–Kier alpha value is -2.60. The van der Waals surface area contributed by atoms with Gasteiger partial charge in [-0.3, -0.25) is 4.79 Å². The molecule has 5 heteroatoms. The summed E-state index contributed by atoms with van der Waals surface area (Å²) in [6.07, 6.45) is 0. The second-order valence-electron chi connectivity index (χ2n) is 6.52. The summed E-state index contributed by atoms with van der Waals surface area (Å²) in [5, 5.41) is 18.7. The molecule has 1 atom stereocenters. The van der Waals surface area contributed by atoms with E-state index in [0.717, 1.165) is 22.3 Å². The second kappa shape index (κ2) is 9.06. The molecular formula is C23H23NO3S. The molecule has 4 N–H and O–H groups in total. The summed E-state index contributed by atoms with van der Waals surface area (Å²) in [4.78, 5) is 11.3. The van der Waals surface area contributed by atoms with Crippen LogP contribution in [-0.4, -0.2) is 28.0 Å². The van der Waals surface area contributed by atoms with Gasteiger partial charge in [0.25, 0.3) is 0 Å². The van der Waals surface area contributed by atoms with Gasteiger partial charge in [-0.05, 0) is 22.3 Å². The number of hydrogen-bond acceptors (Lipinski definition) is 4. The third kappa shape index (κ3) is 4.12. The number of carboxylic acid groups (broad SMARTS) is 1. The monoisotopic (exact) mass is 393 g/mol. The van der Waals surface area contributed by atoms with Gasteiger partial charge in [0.15, 0.2) is 0 Å².